The Morgan fingerprint density at radius 3 is 2.42 bits per heavy atom. The molecule has 0 amide bonds. The summed E-state index contributed by atoms with van der Waals surface area (Å²) in [6, 6.07) is 8.12. The minimum atomic E-state index is 0. The van der Waals surface area contributed by atoms with Crippen LogP contribution in [0.5, 0.6) is 5.75 Å². The fourth-order valence-corrected chi connectivity index (χ4v) is 2.69. The highest BCUT2D eigenvalue weighted by molar-refractivity contribution is 14.0. The third-order valence-corrected chi connectivity index (χ3v) is 4.80. The van der Waals surface area contributed by atoms with Crippen molar-refractivity contribution in [3.63, 3.8) is 0 Å². The first-order valence-electron chi connectivity index (χ1n) is 10.6. The van der Waals surface area contributed by atoms with Crippen LogP contribution in [0, 0.1) is 12.8 Å². The zero-order valence-electron chi connectivity index (χ0n) is 19.4. The van der Waals surface area contributed by atoms with Gasteiger partial charge in [0, 0.05) is 26.7 Å². The van der Waals surface area contributed by atoms with Gasteiger partial charge in [0.15, 0.2) is 11.8 Å². The maximum absolute atomic E-state index is 5.69. The summed E-state index contributed by atoms with van der Waals surface area (Å²) in [7, 11) is 3.63. The summed E-state index contributed by atoms with van der Waals surface area (Å²) in [4.78, 5) is 4.67. The monoisotopic (exact) mass is 544 g/mol. The number of halogens is 1. The Balaban J connectivity index is 0.00000480. The first kappa shape index (κ1) is 27.2. The van der Waals surface area contributed by atoms with E-state index < -0.39 is 0 Å². The average molecular weight is 544 g/mol. The van der Waals surface area contributed by atoms with Crippen LogP contribution < -0.4 is 15.4 Å². The van der Waals surface area contributed by atoms with E-state index in [9.17, 15) is 0 Å². The summed E-state index contributed by atoms with van der Waals surface area (Å²) in [5.74, 6) is 3.98. The fraction of sp³-hybridized carbons (Fsp3) is 0.591. The van der Waals surface area contributed by atoms with Crippen LogP contribution in [0.1, 0.15) is 37.5 Å². The normalized spacial score (nSPS) is 11.4. The highest BCUT2D eigenvalue weighted by Gasteiger charge is 2.05. The number of nitrogens with one attached hydrogen (secondary N) is 2. The van der Waals surface area contributed by atoms with Crippen LogP contribution in [0.2, 0.25) is 0 Å². The predicted octanol–water partition coefficient (Wildman–Crippen LogP) is 3.09. The number of guanidine groups is 1. The number of hydrogen-bond donors (Lipinski definition) is 2. The molecule has 1 heterocycles. The Kier molecular flexibility index (Phi) is 13.1. The van der Waals surface area contributed by atoms with Gasteiger partial charge in [-0.15, -0.1) is 34.2 Å². The van der Waals surface area contributed by atoms with E-state index in [0.717, 1.165) is 49.4 Å². The number of hydrogen-bond acceptors (Lipinski definition) is 5. The maximum Gasteiger partial charge on any atom is 0.191 e. The summed E-state index contributed by atoms with van der Waals surface area (Å²) >= 11 is 0. The summed E-state index contributed by atoms with van der Waals surface area (Å²) < 4.78 is 12.9. The number of rotatable bonds is 12. The molecule has 1 aromatic heterocycles. The Labute approximate surface area is 203 Å². The zero-order chi connectivity index (χ0) is 21.8. The Morgan fingerprint density at radius 2 is 1.81 bits per heavy atom. The van der Waals surface area contributed by atoms with Gasteiger partial charge >= 0.3 is 0 Å². The van der Waals surface area contributed by atoms with Crippen LogP contribution in [-0.2, 0) is 24.8 Å². The number of ether oxygens (including phenoxy) is 2. The van der Waals surface area contributed by atoms with Crippen molar-refractivity contribution in [2.24, 2.45) is 18.0 Å². The molecule has 31 heavy (non-hydrogen) atoms. The molecule has 0 fully saturated rings. The quantitative estimate of drug-likeness (QED) is 0.185. The third-order valence-electron chi connectivity index (χ3n) is 4.80. The Morgan fingerprint density at radius 1 is 1.10 bits per heavy atom. The topological polar surface area (TPSA) is 85.6 Å². The van der Waals surface area contributed by atoms with Gasteiger partial charge in [-0.25, -0.2) is 4.99 Å². The number of methoxy groups -OCH3 is 1. The molecular weight excluding hydrogens is 507 g/mol. The van der Waals surface area contributed by atoms with Gasteiger partial charge < -0.3 is 24.7 Å². The maximum atomic E-state index is 5.69. The molecule has 8 nitrogen and oxygen atoms in total. The van der Waals surface area contributed by atoms with Gasteiger partial charge in [-0.1, -0.05) is 26.0 Å². The second kappa shape index (κ2) is 15.0. The first-order valence-corrected chi connectivity index (χ1v) is 10.6. The summed E-state index contributed by atoms with van der Waals surface area (Å²) in [5.41, 5.74) is 1.24. The van der Waals surface area contributed by atoms with Crippen molar-refractivity contribution in [2.45, 2.75) is 40.2 Å². The molecule has 2 N–H and O–H groups in total. The molecule has 174 valence electrons. The van der Waals surface area contributed by atoms with Crippen molar-refractivity contribution in [1.82, 2.24) is 25.4 Å². The van der Waals surface area contributed by atoms with Gasteiger partial charge in [0.05, 0.1) is 13.7 Å². The number of aliphatic imine (C=N–C) groups is 1. The highest BCUT2D eigenvalue weighted by atomic mass is 127. The Hall–Kier alpha value is -1.88. The average Bonchev–Trinajstić information content (AvgIpc) is 3.06. The molecule has 9 heteroatoms. The first-order chi connectivity index (χ1) is 14.5. The Bertz CT molecular complexity index is 777. The molecule has 0 unspecified atom stereocenters. The van der Waals surface area contributed by atoms with E-state index in [0.29, 0.717) is 25.6 Å². The largest absolute Gasteiger partial charge is 0.497 e. The van der Waals surface area contributed by atoms with E-state index in [4.69, 9.17) is 9.47 Å². The lowest BCUT2D eigenvalue weighted by molar-refractivity contribution is 0.128. The number of benzene rings is 1. The molecule has 0 saturated heterocycles. The fourth-order valence-electron chi connectivity index (χ4n) is 2.69. The minimum absolute atomic E-state index is 0. The van der Waals surface area contributed by atoms with Crippen LogP contribution in [0.15, 0.2) is 29.3 Å². The van der Waals surface area contributed by atoms with E-state index in [1.165, 1.54) is 5.56 Å². The highest BCUT2D eigenvalue weighted by Crippen LogP contribution is 2.11. The van der Waals surface area contributed by atoms with Crippen molar-refractivity contribution in [3.8, 4) is 5.75 Å². The molecule has 0 saturated carbocycles. The van der Waals surface area contributed by atoms with Crippen LogP contribution >= 0.6 is 24.0 Å². The number of nitrogens with zero attached hydrogens (tertiary/aromatic N) is 4. The minimum Gasteiger partial charge on any atom is -0.497 e. The van der Waals surface area contributed by atoms with E-state index >= 15 is 0 Å². The van der Waals surface area contributed by atoms with Gasteiger partial charge in [0.2, 0.25) is 0 Å². The third kappa shape index (κ3) is 10.3. The van der Waals surface area contributed by atoms with Crippen molar-refractivity contribution >= 4 is 29.9 Å². The SMILES string of the molecule is COc1ccc(CCNC(=NCc2nnc(C)n2C)NCCOCCC(C)C)cc1.I. The smallest absolute Gasteiger partial charge is 0.191 e. The summed E-state index contributed by atoms with van der Waals surface area (Å²) in [6.07, 6.45) is 1.96. The van der Waals surface area contributed by atoms with Gasteiger partial charge in [-0.2, -0.15) is 0 Å². The summed E-state index contributed by atoms with van der Waals surface area (Å²) in [5, 5.41) is 15.0. The van der Waals surface area contributed by atoms with Crippen molar-refractivity contribution < 1.29 is 9.47 Å². The van der Waals surface area contributed by atoms with Crippen LogP contribution in [-0.4, -0.2) is 54.1 Å². The van der Waals surface area contributed by atoms with Crippen molar-refractivity contribution in [2.75, 3.05) is 33.4 Å². The van der Waals surface area contributed by atoms with Gasteiger partial charge in [0.1, 0.15) is 18.1 Å². The molecular formula is C22H37IN6O2. The number of aryl methyl sites for hydroxylation is 1. The van der Waals surface area contributed by atoms with Gasteiger partial charge in [-0.3, -0.25) is 0 Å². The zero-order valence-corrected chi connectivity index (χ0v) is 21.7. The molecule has 0 aliphatic rings. The van der Waals surface area contributed by atoms with Crippen LogP contribution in [0.25, 0.3) is 0 Å². The van der Waals surface area contributed by atoms with Crippen molar-refractivity contribution in [1.29, 1.82) is 0 Å². The molecule has 0 bridgehead atoms. The molecule has 2 rings (SSSR count). The lowest BCUT2D eigenvalue weighted by Gasteiger charge is -2.13. The molecule has 2 aromatic rings. The van der Waals surface area contributed by atoms with E-state index in [-0.39, 0.29) is 24.0 Å². The molecule has 0 aliphatic heterocycles. The molecule has 0 spiro atoms. The standard InChI is InChI=1S/C22H36N6O2.HI/c1-17(2)11-14-30-15-13-24-22(25-16-21-27-26-18(3)28(21)4)23-12-10-19-6-8-20(29-5)9-7-19;/h6-9,17H,10-16H2,1-5H3,(H2,23,24,25);1H. The lowest BCUT2D eigenvalue weighted by Crippen LogP contribution is -2.40. The second-order valence-corrected chi connectivity index (χ2v) is 7.63. The molecule has 0 atom stereocenters. The van der Waals surface area contributed by atoms with Gasteiger partial charge in [0.25, 0.3) is 0 Å². The van der Waals surface area contributed by atoms with E-state index in [2.05, 4.69) is 51.8 Å². The van der Waals surface area contributed by atoms with Crippen LogP contribution in [0.3, 0.4) is 0 Å². The molecule has 1 aromatic carbocycles. The van der Waals surface area contributed by atoms with E-state index in [1.54, 1.807) is 7.11 Å². The molecule has 0 radical (unpaired) electrons. The van der Waals surface area contributed by atoms with Gasteiger partial charge in [-0.05, 0) is 43.4 Å². The predicted molar refractivity (Wildman–Crippen MR) is 135 cm³/mol. The summed E-state index contributed by atoms with van der Waals surface area (Å²) in [6.45, 7) is 9.70. The lowest BCUT2D eigenvalue weighted by atomic mass is 10.1. The second-order valence-electron chi connectivity index (χ2n) is 7.63. The van der Waals surface area contributed by atoms with E-state index in [1.807, 2.05) is 30.7 Å². The molecule has 0 aliphatic carbocycles. The number of aromatic nitrogens is 3. The van der Waals surface area contributed by atoms with Crippen LogP contribution in [0.4, 0.5) is 0 Å². The van der Waals surface area contributed by atoms with Crippen molar-refractivity contribution in [3.05, 3.63) is 41.5 Å².